The number of benzene rings is 4. The molecule has 0 aliphatic rings. The van der Waals surface area contributed by atoms with Crippen LogP contribution in [0.3, 0.4) is 0 Å². The molecule has 4 N–H and O–H groups in total. The van der Waals surface area contributed by atoms with Crippen LogP contribution in [-0.2, 0) is 16.5 Å². The number of aliphatic hydroxyl groups excluding tert-OH is 1. The van der Waals surface area contributed by atoms with E-state index >= 15 is 0 Å². The van der Waals surface area contributed by atoms with Crippen LogP contribution in [0.25, 0.3) is 32.7 Å². The molecule has 0 saturated carbocycles. The summed E-state index contributed by atoms with van der Waals surface area (Å²) in [5.74, 6) is -1.84. The van der Waals surface area contributed by atoms with Crippen molar-refractivity contribution in [2.45, 2.75) is 25.8 Å². The predicted octanol–water partition coefficient (Wildman–Crippen LogP) is 3.42. The van der Waals surface area contributed by atoms with Gasteiger partial charge >= 0.3 is 15.6 Å². The molecule has 0 radical (unpaired) electrons. The Balaban J connectivity index is 2.06. The lowest BCUT2D eigenvalue weighted by atomic mass is 9.76. The van der Waals surface area contributed by atoms with E-state index in [0.717, 1.165) is 6.07 Å². The number of fused-ring (bicyclic) bond motifs is 2. The lowest BCUT2D eigenvalue weighted by Crippen LogP contribution is -2.28. The van der Waals surface area contributed by atoms with Gasteiger partial charge in [0.2, 0.25) is 0 Å². The molecule has 194 valence electrons. The van der Waals surface area contributed by atoms with Crippen LogP contribution in [0.2, 0.25) is 0 Å². The Bertz CT molecular complexity index is 1680. The molecule has 4 aromatic rings. The average Bonchev–Trinajstić information content (AvgIpc) is 2.82. The molecule has 0 aliphatic heterocycles. The van der Waals surface area contributed by atoms with Gasteiger partial charge in [0.1, 0.15) is 13.6 Å². The minimum absolute atomic E-state index is 0.0000227. The predicted molar refractivity (Wildman–Crippen MR) is 136 cm³/mol. The first-order chi connectivity index (χ1) is 17.2. The fraction of sp³-hybridized carbons (Fsp3) is 0.200. The van der Waals surface area contributed by atoms with Gasteiger partial charge in [0.25, 0.3) is 0 Å². The number of phenolic OH excluding ortho intramolecular Hbond substituents is 3. The Kier molecular flexibility index (Phi) is 6.45. The minimum atomic E-state index is -5.90. The smallest absolute Gasteiger partial charge is 0.507 e. The number of phenols is 3. The van der Waals surface area contributed by atoms with Gasteiger partial charge in [0.15, 0.2) is 17.2 Å². The topological polar surface area (TPSA) is 124 Å². The van der Waals surface area contributed by atoms with Crippen LogP contribution >= 0.6 is 0 Å². The van der Waals surface area contributed by atoms with Gasteiger partial charge in [-0.05, 0) is 47.6 Å². The van der Waals surface area contributed by atoms with Gasteiger partial charge in [-0.25, -0.2) is 0 Å². The zero-order valence-electron chi connectivity index (χ0n) is 19.9. The highest BCUT2D eigenvalue weighted by Gasteiger charge is 2.48. The van der Waals surface area contributed by atoms with Crippen LogP contribution in [0.5, 0.6) is 23.0 Å². The second kappa shape index (κ2) is 9.03. The molecule has 4 rings (SSSR count). The zero-order valence-corrected chi connectivity index (χ0v) is 20.8. The molecule has 37 heavy (non-hydrogen) atoms. The molecule has 0 aliphatic carbocycles. The summed E-state index contributed by atoms with van der Waals surface area (Å²) in [6.45, 7) is 3.10. The SMILES string of the molecule is Bc1c(-c2cccc3c(OS(=O)(=O)C(F)(F)F)cccc23)c(C)c(C)c2c(O)c(CCO)c(O)c(O)c12. The summed E-state index contributed by atoms with van der Waals surface area (Å²) >= 11 is 0. The Morgan fingerprint density at radius 1 is 0.892 bits per heavy atom. The fourth-order valence-corrected chi connectivity index (χ4v) is 5.24. The summed E-state index contributed by atoms with van der Waals surface area (Å²) in [5, 5.41) is 42.6. The molecule has 0 fully saturated rings. The molecular weight excluding hydrogens is 512 g/mol. The van der Waals surface area contributed by atoms with Crippen molar-refractivity contribution in [3.63, 3.8) is 0 Å². The molecule has 0 spiro atoms. The van der Waals surface area contributed by atoms with Crippen LogP contribution in [0.15, 0.2) is 36.4 Å². The number of hydrogen-bond donors (Lipinski definition) is 4. The summed E-state index contributed by atoms with van der Waals surface area (Å²) in [4.78, 5) is 0. The van der Waals surface area contributed by atoms with E-state index in [1.807, 2.05) is 0 Å². The van der Waals surface area contributed by atoms with E-state index in [0.29, 0.717) is 33.1 Å². The third kappa shape index (κ3) is 4.10. The molecule has 4 aromatic carbocycles. The Morgan fingerprint density at radius 2 is 1.51 bits per heavy atom. The average molecular weight is 534 g/mol. The monoisotopic (exact) mass is 534 g/mol. The maximum atomic E-state index is 13.0. The van der Waals surface area contributed by atoms with Gasteiger partial charge in [0.05, 0.1) is 0 Å². The summed E-state index contributed by atoms with van der Waals surface area (Å²) in [6.07, 6.45) is -0.0899. The molecule has 0 atom stereocenters. The highest BCUT2D eigenvalue weighted by Crippen LogP contribution is 2.47. The summed E-state index contributed by atoms with van der Waals surface area (Å²) in [6, 6.07) is 8.71. The van der Waals surface area contributed by atoms with Crippen LogP contribution in [0, 0.1) is 13.8 Å². The van der Waals surface area contributed by atoms with Gasteiger partial charge in [-0.2, -0.15) is 21.6 Å². The number of aliphatic hydroxyl groups is 1. The normalized spacial score (nSPS) is 12.4. The lowest BCUT2D eigenvalue weighted by Gasteiger charge is -2.22. The van der Waals surface area contributed by atoms with Gasteiger partial charge in [0, 0.05) is 34.7 Å². The van der Waals surface area contributed by atoms with Crippen molar-refractivity contribution in [1.29, 1.82) is 0 Å². The second-order valence-electron chi connectivity index (χ2n) is 8.64. The molecule has 12 heteroatoms. The van der Waals surface area contributed by atoms with Crippen molar-refractivity contribution in [3.8, 4) is 34.1 Å². The first kappa shape index (κ1) is 26.4. The zero-order chi connectivity index (χ0) is 27.4. The largest absolute Gasteiger partial charge is 0.534 e. The Morgan fingerprint density at radius 3 is 2.14 bits per heavy atom. The minimum Gasteiger partial charge on any atom is -0.507 e. The van der Waals surface area contributed by atoms with Crippen LogP contribution in [0.4, 0.5) is 13.2 Å². The van der Waals surface area contributed by atoms with Gasteiger partial charge in [-0.3, -0.25) is 0 Å². The quantitative estimate of drug-likeness (QED) is 0.102. The van der Waals surface area contributed by atoms with Crippen LogP contribution in [0.1, 0.15) is 16.7 Å². The number of rotatable bonds is 5. The van der Waals surface area contributed by atoms with E-state index in [1.165, 1.54) is 18.2 Å². The van der Waals surface area contributed by atoms with Crippen molar-refractivity contribution >= 4 is 45.0 Å². The third-order valence-electron chi connectivity index (χ3n) is 6.58. The van der Waals surface area contributed by atoms with E-state index in [4.69, 9.17) is 0 Å². The number of aryl methyl sites for hydroxylation is 1. The Labute approximate surface area is 210 Å². The highest BCUT2D eigenvalue weighted by atomic mass is 32.2. The van der Waals surface area contributed by atoms with Crippen molar-refractivity contribution in [1.82, 2.24) is 0 Å². The molecule has 0 heterocycles. The molecule has 0 bridgehead atoms. The van der Waals surface area contributed by atoms with Crippen molar-refractivity contribution in [2.75, 3.05) is 6.61 Å². The van der Waals surface area contributed by atoms with Crippen molar-refractivity contribution < 1.29 is 46.2 Å². The molecule has 0 aromatic heterocycles. The highest BCUT2D eigenvalue weighted by molar-refractivity contribution is 7.88. The maximum Gasteiger partial charge on any atom is 0.534 e. The fourth-order valence-electron chi connectivity index (χ4n) is 4.76. The summed E-state index contributed by atoms with van der Waals surface area (Å²) in [5.41, 5.74) is -2.85. The van der Waals surface area contributed by atoms with Crippen LogP contribution < -0.4 is 9.65 Å². The number of halogens is 3. The third-order valence-corrected chi connectivity index (χ3v) is 7.54. The molecule has 0 amide bonds. The lowest BCUT2D eigenvalue weighted by molar-refractivity contribution is -0.0499. The second-order valence-corrected chi connectivity index (χ2v) is 10.2. The molecule has 7 nitrogen and oxygen atoms in total. The molecular formula is C25H22BF3O7S. The number of hydrogen-bond acceptors (Lipinski definition) is 7. The van der Waals surface area contributed by atoms with Gasteiger partial charge < -0.3 is 24.6 Å². The number of alkyl halides is 3. The summed E-state index contributed by atoms with van der Waals surface area (Å²) < 4.78 is 66.6. The standard InChI is InChI=1S/C25H22BF3O7S/c1-11-12(2)19-20(24(33)23(32)16(9-10-30)22(19)31)21(26)18(11)15-7-3-6-14-13(15)5-4-8-17(14)36-37(34,35)25(27,28)29/h3-8,30-33H,9-10,26H2,1-2H3. The maximum absolute atomic E-state index is 13.0. The van der Waals surface area contributed by atoms with E-state index in [-0.39, 0.29) is 40.5 Å². The van der Waals surface area contributed by atoms with E-state index in [2.05, 4.69) is 4.18 Å². The molecule has 0 saturated heterocycles. The first-order valence-electron chi connectivity index (χ1n) is 11.1. The van der Waals surface area contributed by atoms with E-state index < -0.39 is 32.9 Å². The van der Waals surface area contributed by atoms with Gasteiger partial charge in [-0.15, -0.1) is 0 Å². The van der Waals surface area contributed by atoms with Crippen molar-refractivity contribution in [3.05, 3.63) is 53.1 Å². The molecule has 0 unspecified atom stereocenters. The van der Waals surface area contributed by atoms with Gasteiger partial charge in [-0.1, -0.05) is 35.8 Å². The van der Waals surface area contributed by atoms with E-state index in [9.17, 15) is 42.0 Å². The van der Waals surface area contributed by atoms with E-state index in [1.54, 1.807) is 33.8 Å². The first-order valence-corrected chi connectivity index (χ1v) is 12.5. The Hall–Kier alpha value is -3.64. The van der Waals surface area contributed by atoms with Crippen LogP contribution in [-0.4, -0.2) is 48.8 Å². The number of aromatic hydroxyl groups is 3. The van der Waals surface area contributed by atoms with Crippen molar-refractivity contribution in [2.24, 2.45) is 0 Å². The summed E-state index contributed by atoms with van der Waals surface area (Å²) in [7, 11) is -4.25.